The molecule has 1 fully saturated rings. The van der Waals surface area contributed by atoms with Crippen molar-refractivity contribution in [2.45, 2.75) is 42.7 Å². The molecule has 2 heterocycles. The fraction of sp³-hybridized carbons (Fsp3) is 0.500. The lowest BCUT2D eigenvalue weighted by Gasteiger charge is -2.34. The number of hydrogen-bond acceptors (Lipinski definition) is 8. The number of halogens is 4. The van der Waals surface area contributed by atoms with E-state index in [4.69, 9.17) is 16.3 Å². The van der Waals surface area contributed by atoms with Crippen molar-refractivity contribution >= 4 is 50.7 Å². The SMILES string of the molecule is CCOC(=O)C1=CC(C#N)C(=NC2CCC(C(=O)NS(=O)(=O)c3ccc(Cl)s3)C2)N(C(F)(F)F)C1. The van der Waals surface area contributed by atoms with Crippen molar-refractivity contribution in [1.29, 1.82) is 5.26 Å². The number of nitrogens with zero attached hydrogens (tertiary/aromatic N) is 3. The number of carbonyl (C=O) groups is 2. The first-order chi connectivity index (χ1) is 16.4. The predicted molar refractivity (Wildman–Crippen MR) is 120 cm³/mol. The first-order valence-corrected chi connectivity index (χ1v) is 13.0. The Morgan fingerprint density at radius 3 is 2.66 bits per heavy atom. The summed E-state index contributed by atoms with van der Waals surface area (Å²) < 4.78 is 72.8. The number of alkyl halides is 3. The topological polar surface area (TPSA) is 129 Å². The molecule has 2 aliphatic rings. The zero-order valence-electron chi connectivity index (χ0n) is 18.2. The number of esters is 1. The Labute approximate surface area is 208 Å². The van der Waals surface area contributed by atoms with Crippen LogP contribution in [-0.2, 0) is 24.3 Å². The van der Waals surface area contributed by atoms with Gasteiger partial charge in [-0.2, -0.15) is 18.4 Å². The zero-order chi connectivity index (χ0) is 26.0. The maximum absolute atomic E-state index is 13.8. The van der Waals surface area contributed by atoms with Crippen LogP contribution >= 0.6 is 22.9 Å². The number of thiophene rings is 1. The maximum atomic E-state index is 13.8. The van der Waals surface area contributed by atoms with Crippen LogP contribution in [0.2, 0.25) is 4.34 Å². The van der Waals surface area contributed by atoms with Gasteiger partial charge in [-0.1, -0.05) is 11.6 Å². The molecular weight excluding hydrogens is 533 g/mol. The van der Waals surface area contributed by atoms with Crippen LogP contribution in [0.3, 0.4) is 0 Å². The van der Waals surface area contributed by atoms with Gasteiger partial charge >= 0.3 is 12.3 Å². The Morgan fingerprint density at radius 2 is 2.09 bits per heavy atom. The third-order valence-corrected chi connectivity index (χ3v) is 8.44. The summed E-state index contributed by atoms with van der Waals surface area (Å²) in [6.07, 6.45) is -3.43. The van der Waals surface area contributed by atoms with Crippen molar-refractivity contribution in [2.75, 3.05) is 13.2 Å². The second-order valence-electron chi connectivity index (χ2n) is 7.75. The van der Waals surface area contributed by atoms with Crippen LogP contribution in [0.1, 0.15) is 26.2 Å². The number of carbonyl (C=O) groups excluding carboxylic acids is 2. The van der Waals surface area contributed by atoms with E-state index in [1.54, 1.807) is 6.07 Å². The molecule has 1 aliphatic carbocycles. The highest BCUT2D eigenvalue weighted by atomic mass is 35.5. The Balaban J connectivity index is 1.78. The highest BCUT2D eigenvalue weighted by molar-refractivity contribution is 7.92. The van der Waals surface area contributed by atoms with Gasteiger partial charge in [0.05, 0.1) is 35.2 Å². The Hall–Kier alpha value is -2.63. The molecule has 3 unspecified atom stereocenters. The minimum Gasteiger partial charge on any atom is -0.463 e. The van der Waals surface area contributed by atoms with E-state index in [0.29, 0.717) is 0 Å². The molecule has 9 nitrogen and oxygen atoms in total. The molecule has 190 valence electrons. The number of hydrogen-bond donors (Lipinski definition) is 1. The van der Waals surface area contributed by atoms with E-state index >= 15 is 0 Å². The molecule has 15 heteroatoms. The van der Waals surface area contributed by atoms with Gasteiger partial charge in [0.15, 0.2) is 0 Å². The number of nitrogens with one attached hydrogen (secondary N) is 1. The number of amides is 1. The number of nitriles is 1. The molecule has 0 bridgehead atoms. The van der Waals surface area contributed by atoms with E-state index in [-0.39, 0.29) is 44.9 Å². The first-order valence-electron chi connectivity index (χ1n) is 10.4. The second kappa shape index (κ2) is 10.5. The fourth-order valence-corrected chi connectivity index (χ4v) is 6.30. The van der Waals surface area contributed by atoms with Gasteiger partial charge in [0.1, 0.15) is 16.0 Å². The normalized spacial score (nSPS) is 24.1. The molecule has 0 spiro atoms. The molecule has 1 aliphatic heterocycles. The van der Waals surface area contributed by atoms with Crippen molar-refractivity contribution in [1.82, 2.24) is 9.62 Å². The van der Waals surface area contributed by atoms with E-state index in [1.807, 2.05) is 4.72 Å². The largest absolute Gasteiger partial charge is 0.486 e. The molecular formula is C20H20ClF3N4O5S2. The van der Waals surface area contributed by atoms with Gasteiger partial charge in [-0.05, 0) is 44.4 Å². The zero-order valence-corrected chi connectivity index (χ0v) is 20.6. The van der Waals surface area contributed by atoms with E-state index in [0.717, 1.165) is 17.4 Å². The van der Waals surface area contributed by atoms with Crippen LogP contribution in [0.4, 0.5) is 13.2 Å². The lowest BCUT2D eigenvalue weighted by molar-refractivity contribution is -0.217. The molecule has 3 atom stereocenters. The summed E-state index contributed by atoms with van der Waals surface area (Å²) in [6.45, 7) is 0.601. The smallest absolute Gasteiger partial charge is 0.463 e. The van der Waals surface area contributed by atoms with E-state index in [2.05, 4.69) is 4.99 Å². The highest BCUT2D eigenvalue weighted by Gasteiger charge is 2.46. The van der Waals surface area contributed by atoms with E-state index in [1.165, 1.54) is 19.1 Å². The van der Waals surface area contributed by atoms with Gasteiger partial charge in [-0.15, -0.1) is 11.3 Å². The summed E-state index contributed by atoms with van der Waals surface area (Å²) in [5, 5.41) is 9.47. The Morgan fingerprint density at radius 1 is 1.37 bits per heavy atom. The van der Waals surface area contributed by atoms with Crippen LogP contribution in [-0.4, -0.2) is 56.5 Å². The number of aliphatic imine (C=N–C) groups is 1. The monoisotopic (exact) mass is 552 g/mol. The van der Waals surface area contributed by atoms with Crippen LogP contribution < -0.4 is 4.72 Å². The summed E-state index contributed by atoms with van der Waals surface area (Å²) in [6, 6.07) is 3.59. The Kier molecular flexibility index (Phi) is 8.13. The molecule has 1 aromatic heterocycles. The summed E-state index contributed by atoms with van der Waals surface area (Å²) >= 11 is 6.51. The minimum absolute atomic E-state index is 0.00561. The van der Waals surface area contributed by atoms with Crippen LogP contribution in [0, 0.1) is 23.2 Å². The summed E-state index contributed by atoms with van der Waals surface area (Å²) in [5.74, 6) is -4.59. The van der Waals surface area contributed by atoms with Crippen molar-refractivity contribution < 1.29 is 35.9 Å². The highest BCUT2D eigenvalue weighted by Crippen LogP contribution is 2.34. The minimum atomic E-state index is -4.93. The van der Waals surface area contributed by atoms with E-state index in [9.17, 15) is 36.4 Å². The molecule has 3 rings (SSSR count). The molecule has 1 amide bonds. The number of sulfonamides is 1. The molecule has 1 saturated carbocycles. The van der Waals surface area contributed by atoms with Crippen molar-refractivity contribution in [3.8, 4) is 6.07 Å². The van der Waals surface area contributed by atoms with Crippen LogP contribution in [0.25, 0.3) is 0 Å². The molecule has 1 aromatic rings. The summed E-state index contributed by atoms with van der Waals surface area (Å²) in [4.78, 5) is 28.6. The number of amidine groups is 1. The second-order valence-corrected chi connectivity index (χ2v) is 11.4. The average Bonchev–Trinajstić information content (AvgIpc) is 3.42. The Bertz CT molecular complexity index is 1210. The quantitative estimate of drug-likeness (QED) is 0.423. The lowest BCUT2D eigenvalue weighted by Crippen LogP contribution is -2.50. The fourth-order valence-electron chi connectivity index (χ4n) is 3.78. The predicted octanol–water partition coefficient (Wildman–Crippen LogP) is 3.24. The van der Waals surface area contributed by atoms with Crippen LogP contribution in [0.5, 0.6) is 0 Å². The van der Waals surface area contributed by atoms with Gasteiger partial charge in [-0.3, -0.25) is 14.7 Å². The third-order valence-electron chi connectivity index (χ3n) is 5.37. The molecule has 0 radical (unpaired) electrons. The number of ether oxygens (including phenoxy) is 1. The standard InChI is InChI=1S/C20H20ClF3N4O5S2/c1-2-33-19(30)13-7-12(9-25)17(28(10-13)20(22,23)24)26-14-4-3-11(8-14)18(29)27-35(31,32)16-6-5-15(21)34-16/h5-7,11-12,14H,2-4,8,10H2,1H3,(H,27,29). The van der Waals surface area contributed by atoms with E-state index < -0.39 is 58.5 Å². The van der Waals surface area contributed by atoms with Gasteiger partial charge < -0.3 is 4.74 Å². The number of rotatable bonds is 6. The first kappa shape index (κ1) is 27.0. The van der Waals surface area contributed by atoms with Gasteiger partial charge in [0.25, 0.3) is 10.0 Å². The van der Waals surface area contributed by atoms with Crippen molar-refractivity contribution in [3.63, 3.8) is 0 Å². The summed E-state index contributed by atoms with van der Waals surface area (Å²) in [7, 11) is -4.13. The van der Waals surface area contributed by atoms with Crippen molar-refractivity contribution in [2.24, 2.45) is 16.8 Å². The molecule has 1 N–H and O–H groups in total. The van der Waals surface area contributed by atoms with Gasteiger partial charge in [-0.25, -0.2) is 17.9 Å². The molecule has 0 saturated heterocycles. The average molecular weight is 553 g/mol. The third kappa shape index (κ3) is 6.33. The van der Waals surface area contributed by atoms with Crippen LogP contribution in [0.15, 0.2) is 33.0 Å². The maximum Gasteiger partial charge on any atom is 0.486 e. The molecule has 0 aromatic carbocycles. The van der Waals surface area contributed by atoms with Gasteiger partial charge in [0, 0.05) is 5.92 Å². The molecule has 35 heavy (non-hydrogen) atoms. The lowest BCUT2D eigenvalue weighted by atomic mass is 9.99. The van der Waals surface area contributed by atoms with Gasteiger partial charge in [0.2, 0.25) is 5.91 Å². The van der Waals surface area contributed by atoms with Crippen molar-refractivity contribution in [3.05, 3.63) is 28.1 Å². The summed E-state index contributed by atoms with van der Waals surface area (Å²) in [5.41, 5.74) is -0.308.